The molecule has 20 heavy (non-hydrogen) atoms. The summed E-state index contributed by atoms with van der Waals surface area (Å²) in [6, 6.07) is 9.90. The molecule has 2 aromatic rings. The number of aliphatic hydroxyl groups is 1. The number of aliphatic hydroxyl groups excluding tert-OH is 1. The van der Waals surface area contributed by atoms with E-state index in [1.165, 1.54) is 0 Å². The van der Waals surface area contributed by atoms with Crippen LogP contribution in [0.2, 0.25) is 0 Å². The Balaban J connectivity index is 2.45. The number of methoxy groups -OCH3 is 1. The van der Waals surface area contributed by atoms with E-state index in [-0.39, 0.29) is 0 Å². The van der Waals surface area contributed by atoms with Crippen LogP contribution in [0.15, 0.2) is 34.8 Å². The van der Waals surface area contributed by atoms with Gasteiger partial charge in [-0.1, -0.05) is 28.1 Å². The van der Waals surface area contributed by atoms with E-state index in [0.717, 1.165) is 38.0 Å². The van der Waals surface area contributed by atoms with E-state index >= 15 is 0 Å². The SMILES string of the molecule is COc1cc(C)c(C(O)c2ccc(C)c(Br)c2)cc1C. The van der Waals surface area contributed by atoms with Gasteiger partial charge in [-0.05, 0) is 66.8 Å². The summed E-state index contributed by atoms with van der Waals surface area (Å²) in [5, 5.41) is 10.6. The Kier molecular flexibility index (Phi) is 4.51. The molecule has 3 heteroatoms. The molecule has 0 heterocycles. The molecule has 0 spiro atoms. The molecule has 106 valence electrons. The third-order valence-corrected chi connectivity index (χ3v) is 4.44. The summed E-state index contributed by atoms with van der Waals surface area (Å²) in [6.07, 6.45) is -0.628. The molecule has 0 saturated heterocycles. The van der Waals surface area contributed by atoms with Gasteiger partial charge in [0.1, 0.15) is 11.9 Å². The standard InChI is InChI=1S/C17H19BrO2/c1-10-5-6-13(9-15(10)18)17(19)14-7-12(3)16(20-4)8-11(14)2/h5-9,17,19H,1-4H3. The van der Waals surface area contributed by atoms with Crippen LogP contribution in [0, 0.1) is 20.8 Å². The van der Waals surface area contributed by atoms with E-state index in [9.17, 15) is 5.11 Å². The predicted molar refractivity (Wildman–Crippen MR) is 85.4 cm³/mol. The van der Waals surface area contributed by atoms with Gasteiger partial charge in [0.05, 0.1) is 7.11 Å². The van der Waals surface area contributed by atoms with Crippen LogP contribution in [0.3, 0.4) is 0 Å². The number of rotatable bonds is 3. The second-order valence-corrected chi connectivity index (χ2v) is 5.94. The van der Waals surface area contributed by atoms with Crippen LogP contribution in [-0.4, -0.2) is 12.2 Å². The van der Waals surface area contributed by atoms with Gasteiger partial charge in [-0.25, -0.2) is 0 Å². The summed E-state index contributed by atoms with van der Waals surface area (Å²) in [6.45, 7) is 6.01. The van der Waals surface area contributed by atoms with Crippen molar-refractivity contribution in [1.29, 1.82) is 0 Å². The highest BCUT2D eigenvalue weighted by atomic mass is 79.9. The molecule has 0 aliphatic rings. The highest BCUT2D eigenvalue weighted by Gasteiger charge is 2.15. The van der Waals surface area contributed by atoms with Crippen molar-refractivity contribution in [3.63, 3.8) is 0 Å². The number of hydrogen-bond acceptors (Lipinski definition) is 2. The summed E-state index contributed by atoms with van der Waals surface area (Å²) < 4.78 is 6.32. The number of aryl methyl sites for hydroxylation is 3. The number of hydrogen-bond donors (Lipinski definition) is 1. The first-order valence-electron chi connectivity index (χ1n) is 6.53. The van der Waals surface area contributed by atoms with Gasteiger partial charge < -0.3 is 9.84 Å². The molecule has 0 amide bonds. The van der Waals surface area contributed by atoms with Gasteiger partial charge in [-0.15, -0.1) is 0 Å². The van der Waals surface area contributed by atoms with Crippen molar-refractivity contribution < 1.29 is 9.84 Å². The lowest BCUT2D eigenvalue weighted by atomic mass is 9.95. The summed E-state index contributed by atoms with van der Waals surface area (Å²) in [4.78, 5) is 0. The molecular formula is C17H19BrO2. The Hall–Kier alpha value is -1.32. The van der Waals surface area contributed by atoms with Gasteiger partial charge in [0.2, 0.25) is 0 Å². The molecule has 1 atom stereocenters. The summed E-state index contributed by atoms with van der Waals surface area (Å²) in [5.41, 5.74) is 5.01. The highest BCUT2D eigenvalue weighted by Crippen LogP contribution is 2.31. The van der Waals surface area contributed by atoms with E-state index in [0.29, 0.717) is 0 Å². The zero-order valence-corrected chi connectivity index (χ0v) is 13.8. The van der Waals surface area contributed by atoms with Crippen LogP contribution in [0.25, 0.3) is 0 Å². The third-order valence-electron chi connectivity index (χ3n) is 3.59. The molecule has 0 aliphatic heterocycles. The van der Waals surface area contributed by atoms with E-state index in [4.69, 9.17) is 4.74 Å². The summed E-state index contributed by atoms with van der Waals surface area (Å²) >= 11 is 3.51. The Morgan fingerprint density at radius 1 is 1.00 bits per heavy atom. The average molecular weight is 335 g/mol. The first kappa shape index (κ1) is 15.1. The minimum Gasteiger partial charge on any atom is -0.496 e. The molecule has 0 saturated carbocycles. The summed E-state index contributed by atoms with van der Waals surface area (Å²) in [7, 11) is 1.66. The van der Waals surface area contributed by atoms with E-state index in [1.54, 1.807) is 7.11 Å². The number of halogens is 1. The first-order valence-corrected chi connectivity index (χ1v) is 7.32. The maximum Gasteiger partial charge on any atom is 0.122 e. The molecule has 2 nitrogen and oxygen atoms in total. The Morgan fingerprint density at radius 2 is 1.70 bits per heavy atom. The largest absolute Gasteiger partial charge is 0.496 e. The van der Waals surface area contributed by atoms with E-state index < -0.39 is 6.10 Å². The molecule has 0 radical (unpaired) electrons. The van der Waals surface area contributed by atoms with Crippen LogP contribution in [-0.2, 0) is 0 Å². The van der Waals surface area contributed by atoms with Crippen LogP contribution in [0.1, 0.15) is 33.9 Å². The van der Waals surface area contributed by atoms with Crippen molar-refractivity contribution in [2.45, 2.75) is 26.9 Å². The molecule has 1 unspecified atom stereocenters. The van der Waals surface area contributed by atoms with Crippen molar-refractivity contribution in [1.82, 2.24) is 0 Å². The highest BCUT2D eigenvalue weighted by molar-refractivity contribution is 9.10. The minimum atomic E-state index is -0.628. The fourth-order valence-corrected chi connectivity index (χ4v) is 2.68. The minimum absolute atomic E-state index is 0.628. The Bertz CT molecular complexity index is 635. The van der Waals surface area contributed by atoms with Gasteiger partial charge in [-0.3, -0.25) is 0 Å². The second-order valence-electron chi connectivity index (χ2n) is 5.09. The van der Waals surface area contributed by atoms with Gasteiger partial charge in [-0.2, -0.15) is 0 Å². The van der Waals surface area contributed by atoms with Crippen molar-refractivity contribution in [2.24, 2.45) is 0 Å². The number of benzene rings is 2. The lowest BCUT2D eigenvalue weighted by Crippen LogP contribution is -2.04. The fourth-order valence-electron chi connectivity index (χ4n) is 2.29. The van der Waals surface area contributed by atoms with Crippen molar-refractivity contribution >= 4 is 15.9 Å². The molecular weight excluding hydrogens is 316 g/mol. The van der Waals surface area contributed by atoms with Crippen LogP contribution in [0.5, 0.6) is 5.75 Å². The lowest BCUT2D eigenvalue weighted by Gasteiger charge is -2.17. The Labute approximate surface area is 128 Å². The lowest BCUT2D eigenvalue weighted by molar-refractivity contribution is 0.219. The maximum absolute atomic E-state index is 10.6. The summed E-state index contributed by atoms with van der Waals surface area (Å²) in [5.74, 6) is 0.850. The van der Waals surface area contributed by atoms with Gasteiger partial charge >= 0.3 is 0 Å². The fraction of sp³-hybridized carbons (Fsp3) is 0.294. The second kappa shape index (κ2) is 5.98. The van der Waals surface area contributed by atoms with E-state index in [2.05, 4.69) is 15.9 Å². The third kappa shape index (κ3) is 2.89. The monoisotopic (exact) mass is 334 g/mol. The van der Waals surface area contributed by atoms with Crippen LogP contribution in [0.4, 0.5) is 0 Å². The zero-order chi connectivity index (χ0) is 14.9. The normalized spacial score (nSPS) is 12.3. The van der Waals surface area contributed by atoms with Gasteiger partial charge in [0.15, 0.2) is 0 Å². The average Bonchev–Trinajstić information content (AvgIpc) is 2.43. The molecule has 0 fully saturated rings. The molecule has 1 N–H and O–H groups in total. The molecule has 0 aromatic heterocycles. The van der Waals surface area contributed by atoms with Crippen molar-refractivity contribution in [3.8, 4) is 5.75 Å². The van der Waals surface area contributed by atoms with E-state index in [1.807, 2.05) is 51.1 Å². The quantitative estimate of drug-likeness (QED) is 0.897. The topological polar surface area (TPSA) is 29.5 Å². The maximum atomic E-state index is 10.6. The zero-order valence-electron chi connectivity index (χ0n) is 12.2. The molecule has 0 aliphatic carbocycles. The molecule has 2 rings (SSSR count). The van der Waals surface area contributed by atoms with Crippen LogP contribution >= 0.6 is 15.9 Å². The Morgan fingerprint density at radius 3 is 2.30 bits per heavy atom. The number of ether oxygens (including phenoxy) is 1. The van der Waals surface area contributed by atoms with Crippen molar-refractivity contribution in [3.05, 3.63) is 62.6 Å². The van der Waals surface area contributed by atoms with Gasteiger partial charge in [0, 0.05) is 4.47 Å². The smallest absolute Gasteiger partial charge is 0.122 e. The van der Waals surface area contributed by atoms with Gasteiger partial charge in [0.25, 0.3) is 0 Å². The molecule has 0 bridgehead atoms. The first-order chi connectivity index (χ1) is 9.43. The molecule has 2 aromatic carbocycles. The predicted octanol–water partition coefficient (Wildman–Crippen LogP) is 4.46. The van der Waals surface area contributed by atoms with Crippen LogP contribution < -0.4 is 4.74 Å². The van der Waals surface area contributed by atoms with Crippen molar-refractivity contribution in [2.75, 3.05) is 7.11 Å².